The van der Waals surface area contributed by atoms with Gasteiger partial charge in [-0.2, -0.15) is 8.42 Å². The Balaban J connectivity index is 1.83. The molecule has 6 nitrogen and oxygen atoms in total. The summed E-state index contributed by atoms with van der Waals surface area (Å²) in [5.41, 5.74) is 0.922. The van der Waals surface area contributed by atoms with Crippen molar-refractivity contribution in [2.24, 2.45) is 0 Å². The Kier molecular flexibility index (Phi) is 6.36. The van der Waals surface area contributed by atoms with Crippen molar-refractivity contribution in [3.8, 4) is 0 Å². The van der Waals surface area contributed by atoms with E-state index < -0.39 is 28.7 Å². The van der Waals surface area contributed by atoms with Gasteiger partial charge in [0.2, 0.25) is 0 Å². The zero-order valence-corrected chi connectivity index (χ0v) is 15.1. The molecule has 1 aromatic heterocycles. The summed E-state index contributed by atoms with van der Waals surface area (Å²) in [6.45, 7) is 1.24. The van der Waals surface area contributed by atoms with Gasteiger partial charge in [0.05, 0.1) is 26.8 Å². The fraction of sp³-hybridized carbons (Fsp3) is 0.267. The molecule has 9 heteroatoms. The first kappa shape index (κ1) is 18.9. The van der Waals surface area contributed by atoms with Crippen LogP contribution < -0.4 is 5.32 Å². The van der Waals surface area contributed by atoms with E-state index in [0.29, 0.717) is 9.21 Å². The lowest BCUT2D eigenvalue weighted by Crippen LogP contribution is -2.34. The minimum atomic E-state index is -3.95. The van der Waals surface area contributed by atoms with Crippen molar-refractivity contribution in [3.05, 3.63) is 51.2 Å². The van der Waals surface area contributed by atoms with Crippen LogP contribution in [-0.4, -0.2) is 38.7 Å². The van der Waals surface area contributed by atoms with Gasteiger partial charge in [-0.3, -0.25) is 8.98 Å². The molecule has 0 fully saturated rings. The van der Waals surface area contributed by atoms with Crippen molar-refractivity contribution in [1.29, 1.82) is 0 Å². The molecule has 2 N–H and O–H groups in total. The third kappa shape index (κ3) is 5.29. The normalized spacial score (nSPS) is 12.8. The Bertz CT molecular complexity index is 802. The fourth-order valence-corrected chi connectivity index (χ4v) is 3.64. The highest BCUT2D eigenvalue weighted by molar-refractivity contribution is 7.86. The van der Waals surface area contributed by atoms with Crippen molar-refractivity contribution in [3.63, 3.8) is 0 Å². The number of amides is 1. The molecule has 0 saturated carbocycles. The first-order chi connectivity index (χ1) is 11.3. The van der Waals surface area contributed by atoms with Gasteiger partial charge in [0, 0.05) is 6.54 Å². The zero-order chi connectivity index (χ0) is 17.7. The highest BCUT2D eigenvalue weighted by atomic mass is 35.5. The number of hydrogen-bond donors (Lipinski definition) is 2. The van der Waals surface area contributed by atoms with E-state index in [9.17, 15) is 18.3 Å². The molecule has 1 amide bonds. The first-order valence-electron chi connectivity index (χ1n) is 6.95. The number of aliphatic hydroxyl groups is 1. The van der Waals surface area contributed by atoms with Crippen LogP contribution in [0, 0.1) is 6.92 Å². The summed E-state index contributed by atoms with van der Waals surface area (Å²) in [5, 5.41) is 12.3. The number of carbonyl (C=O) groups excluding carboxylic acids is 1. The lowest BCUT2D eigenvalue weighted by Gasteiger charge is -2.12. The molecule has 1 heterocycles. The fourth-order valence-electron chi connectivity index (χ4n) is 1.73. The number of nitrogens with one attached hydrogen (secondary N) is 1. The van der Waals surface area contributed by atoms with Gasteiger partial charge < -0.3 is 10.4 Å². The number of aryl methyl sites for hydroxylation is 1. The van der Waals surface area contributed by atoms with Crippen LogP contribution in [0.2, 0.25) is 4.34 Å². The monoisotopic (exact) mass is 389 g/mol. The molecular formula is C15H16ClNO5S2. The molecule has 0 aliphatic rings. The smallest absolute Gasteiger partial charge is 0.297 e. The largest absolute Gasteiger partial charge is 0.389 e. The van der Waals surface area contributed by atoms with Gasteiger partial charge in [0.1, 0.15) is 0 Å². The molecule has 0 spiro atoms. The SMILES string of the molecule is Cc1ccc(S(=O)(=O)OC[C@H](O)CNC(=O)c2ccc(Cl)s2)cc1. The van der Waals surface area contributed by atoms with Crippen LogP contribution in [0.3, 0.4) is 0 Å². The number of aliphatic hydroxyl groups excluding tert-OH is 1. The van der Waals surface area contributed by atoms with Gasteiger partial charge in [-0.05, 0) is 31.2 Å². The predicted octanol–water partition coefficient (Wildman–Crippen LogP) is 2.21. The number of carbonyl (C=O) groups is 1. The van der Waals surface area contributed by atoms with Crippen molar-refractivity contribution < 1.29 is 22.5 Å². The van der Waals surface area contributed by atoms with E-state index in [4.69, 9.17) is 15.8 Å². The molecule has 0 aliphatic heterocycles. The average molecular weight is 390 g/mol. The minimum Gasteiger partial charge on any atom is -0.389 e. The number of benzene rings is 1. The number of rotatable bonds is 7. The lowest BCUT2D eigenvalue weighted by molar-refractivity contribution is 0.0856. The number of hydrogen-bond acceptors (Lipinski definition) is 6. The van der Waals surface area contributed by atoms with Crippen molar-refractivity contribution in [2.75, 3.05) is 13.2 Å². The first-order valence-corrected chi connectivity index (χ1v) is 9.56. The molecule has 0 radical (unpaired) electrons. The van der Waals surface area contributed by atoms with E-state index in [1.807, 2.05) is 6.92 Å². The molecule has 1 atom stereocenters. The molecule has 2 aromatic rings. The molecule has 0 aliphatic carbocycles. The van der Waals surface area contributed by atoms with Gasteiger partial charge in [-0.25, -0.2) is 0 Å². The molecule has 0 saturated heterocycles. The van der Waals surface area contributed by atoms with E-state index in [-0.39, 0.29) is 11.4 Å². The Labute approximate surface area is 149 Å². The maximum Gasteiger partial charge on any atom is 0.297 e. The van der Waals surface area contributed by atoms with Crippen LogP contribution in [0.25, 0.3) is 0 Å². The lowest BCUT2D eigenvalue weighted by atomic mass is 10.2. The third-order valence-electron chi connectivity index (χ3n) is 3.02. The molecule has 1 aromatic carbocycles. The summed E-state index contributed by atoms with van der Waals surface area (Å²) in [5.74, 6) is -0.396. The summed E-state index contributed by atoms with van der Waals surface area (Å²) in [4.78, 5) is 12.2. The second kappa shape index (κ2) is 8.09. The molecular weight excluding hydrogens is 374 g/mol. The molecule has 0 bridgehead atoms. The van der Waals surface area contributed by atoms with Gasteiger partial charge in [-0.15, -0.1) is 11.3 Å². The molecule has 2 rings (SSSR count). The van der Waals surface area contributed by atoms with E-state index in [0.717, 1.165) is 16.9 Å². The van der Waals surface area contributed by atoms with Crippen LogP contribution in [-0.2, 0) is 14.3 Å². The Morgan fingerprint density at radius 1 is 1.29 bits per heavy atom. The number of thiophene rings is 1. The van der Waals surface area contributed by atoms with Crippen molar-refractivity contribution >= 4 is 39.0 Å². The summed E-state index contributed by atoms with van der Waals surface area (Å²) in [6.07, 6.45) is -1.16. The molecule has 0 unspecified atom stereocenters. The highest BCUT2D eigenvalue weighted by Gasteiger charge is 2.18. The second-order valence-corrected chi connectivity index (χ2v) is 8.35. The van der Waals surface area contributed by atoms with Gasteiger partial charge in [0.15, 0.2) is 0 Å². The summed E-state index contributed by atoms with van der Waals surface area (Å²) >= 11 is 6.85. The third-order valence-corrected chi connectivity index (χ3v) is 5.55. The zero-order valence-electron chi connectivity index (χ0n) is 12.7. The van der Waals surface area contributed by atoms with Gasteiger partial charge >= 0.3 is 0 Å². The molecule has 130 valence electrons. The summed E-state index contributed by atoms with van der Waals surface area (Å²) < 4.78 is 29.2. The maximum absolute atomic E-state index is 12.0. The van der Waals surface area contributed by atoms with Crippen LogP contribution in [0.1, 0.15) is 15.2 Å². The van der Waals surface area contributed by atoms with E-state index in [1.54, 1.807) is 24.3 Å². The summed E-state index contributed by atoms with van der Waals surface area (Å²) in [6, 6.07) is 9.32. The van der Waals surface area contributed by atoms with E-state index in [1.165, 1.54) is 12.1 Å². The van der Waals surface area contributed by atoms with Gasteiger partial charge in [0.25, 0.3) is 16.0 Å². The number of halogens is 1. The van der Waals surface area contributed by atoms with Crippen LogP contribution in [0.4, 0.5) is 0 Å². The Morgan fingerprint density at radius 3 is 2.54 bits per heavy atom. The Hall–Kier alpha value is -1.45. The quantitative estimate of drug-likeness (QED) is 0.708. The minimum absolute atomic E-state index is 0.0116. The summed E-state index contributed by atoms with van der Waals surface area (Å²) in [7, 11) is -3.95. The maximum atomic E-state index is 12.0. The van der Waals surface area contributed by atoms with Crippen LogP contribution >= 0.6 is 22.9 Å². The van der Waals surface area contributed by atoms with Crippen LogP contribution in [0.15, 0.2) is 41.3 Å². The predicted molar refractivity (Wildman–Crippen MR) is 92.0 cm³/mol. The molecule has 24 heavy (non-hydrogen) atoms. The van der Waals surface area contributed by atoms with E-state index in [2.05, 4.69) is 5.32 Å². The van der Waals surface area contributed by atoms with Crippen molar-refractivity contribution in [2.45, 2.75) is 17.9 Å². The van der Waals surface area contributed by atoms with Gasteiger partial charge in [-0.1, -0.05) is 29.3 Å². The van der Waals surface area contributed by atoms with Crippen LogP contribution in [0.5, 0.6) is 0 Å². The highest BCUT2D eigenvalue weighted by Crippen LogP contribution is 2.21. The topological polar surface area (TPSA) is 92.7 Å². The second-order valence-electron chi connectivity index (χ2n) is 5.02. The van der Waals surface area contributed by atoms with E-state index >= 15 is 0 Å². The standard InChI is InChI=1S/C15H16ClNO5S2/c1-10-2-4-12(5-3-10)24(20,21)22-9-11(18)8-17-15(19)13-6-7-14(16)23-13/h2-7,11,18H,8-9H2,1H3,(H,17,19)/t11-/m1/s1. The average Bonchev–Trinajstić information content (AvgIpc) is 2.98. The van der Waals surface area contributed by atoms with Crippen molar-refractivity contribution in [1.82, 2.24) is 5.32 Å². The Morgan fingerprint density at radius 2 is 1.96 bits per heavy atom.